The fourth-order valence-corrected chi connectivity index (χ4v) is 0.847. The number of hydrogen-bond acceptors (Lipinski definition) is 2. The van der Waals surface area contributed by atoms with Gasteiger partial charge >= 0.3 is 0 Å². The highest BCUT2D eigenvalue weighted by molar-refractivity contribution is 4.79. The van der Waals surface area contributed by atoms with Crippen LogP contribution in [0.4, 0.5) is 0 Å². The van der Waals surface area contributed by atoms with Gasteiger partial charge < -0.3 is 10.2 Å². The van der Waals surface area contributed by atoms with Crippen molar-refractivity contribution < 1.29 is 10.2 Å². The third-order valence-electron chi connectivity index (χ3n) is 1.54. The van der Waals surface area contributed by atoms with Crippen molar-refractivity contribution in [3.63, 3.8) is 0 Å². The molecular formula is C8H16O2. The molecule has 0 amide bonds. The van der Waals surface area contributed by atoms with Crippen LogP contribution in [0.1, 0.15) is 19.8 Å². The summed E-state index contributed by atoms with van der Waals surface area (Å²) in [5.74, 6) is 0.373. The van der Waals surface area contributed by atoms with E-state index in [1.807, 2.05) is 6.92 Å². The average Bonchev–Trinajstić information content (AvgIpc) is 1.88. The van der Waals surface area contributed by atoms with Crippen LogP contribution in [-0.2, 0) is 0 Å². The quantitative estimate of drug-likeness (QED) is 0.564. The minimum atomic E-state index is -0.415. The Kier molecular flexibility index (Phi) is 5.26. The van der Waals surface area contributed by atoms with Gasteiger partial charge in [0.1, 0.15) is 0 Å². The van der Waals surface area contributed by atoms with Crippen molar-refractivity contribution in [2.24, 2.45) is 5.92 Å². The van der Waals surface area contributed by atoms with Crippen LogP contribution in [0, 0.1) is 5.92 Å². The van der Waals surface area contributed by atoms with E-state index < -0.39 is 6.10 Å². The van der Waals surface area contributed by atoms with Gasteiger partial charge in [0.2, 0.25) is 0 Å². The van der Waals surface area contributed by atoms with E-state index in [9.17, 15) is 0 Å². The molecule has 2 unspecified atom stereocenters. The second kappa shape index (κ2) is 5.45. The minimum Gasteiger partial charge on any atom is -0.396 e. The maximum atomic E-state index is 9.06. The van der Waals surface area contributed by atoms with Crippen LogP contribution in [0.15, 0.2) is 12.7 Å². The van der Waals surface area contributed by atoms with Crippen molar-refractivity contribution in [1.82, 2.24) is 0 Å². The summed E-state index contributed by atoms with van der Waals surface area (Å²) >= 11 is 0. The molecule has 0 rings (SSSR count). The highest BCUT2D eigenvalue weighted by Crippen LogP contribution is 2.09. The van der Waals surface area contributed by atoms with Gasteiger partial charge in [-0.15, -0.1) is 6.58 Å². The van der Waals surface area contributed by atoms with Gasteiger partial charge in [-0.05, 0) is 18.8 Å². The number of rotatable bonds is 5. The summed E-state index contributed by atoms with van der Waals surface area (Å²) in [6, 6.07) is 0. The second-order valence-corrected chi connectivity index (χ2v) is 2.66. The predicted molar refractivity (Wildman–Crippen MR) is 41.7 cm³/mol. The summed E-state index contributed by atoms with van der Waals surface area (Å²) in [7, 11) is 0. The predicted octanol–water partition coefficient (Wildman–Crippen LogP) is 0.942. The van der Waals surface area contributed by atoms with Crippen LogP contribution in [0.2, 0.25) is 0 Å². The zero-order valence-electron chi connectivity index (χ0n) is 6.45. The zero-order chi connectivity index (χ0) is 7.98. The van der Waals surface area contributed by atoms with Crippen LogP contribution in [0.5, 0.6) is 0 Å². The molecule has 0 saturated carbocycles. The van der Waals surface area contributed by atoms with Crippen LogP contribution in [0.25, 0.3) is 0 Å². The molecule has 60 valence electrons. The third kappa shape index (κ3) is 4.53. The summed E-state index contributed by atoms with van der Waals surface area (Å²) in [5.41, 5.74) is 0. The molecule has 0 aromatic carbocycles. The molecule has 0 aliphatic rings. The summed E-state index contributed by atoms with van der Waals surface area (Å²) < 4.78 is 0. The van der Waals surface area contributed by atoms with Crippen molar-refractivity contribution >= 4 is 0 Å². The average molecular weight is 144 g/mol. The maximum Gasteiger partial charge on any atom is 0.0720 e. The van der Waals surface area contributed by atoms with Crippen LogP contribution >= 0.6 is 0 Å². The first kappa shape index (κ1) is 9.66. The Morgan fingerprint density at radius 1 is 1.60 bits per heavy atom. The third-order valence-corrected chi connectivity index (χ3v) is 1.54. The molecule has 0 aromatic heterocycles. The molecule has 0 bridgehead atoms. The van der Waals surface area contributed by atoms with Crippen molar-refractivity contribution in [1.29, 1.82) is 0 Å². The molecule has 0 aliphatic carbocycles. The van der Waals surface area contributed by atoms with Crippen LogP contribution in [0.3, 0.4) is 0 Å². The molecule has 10 heavy (non-hydrogen) atoms. The highest BCUT2D eigenvalue weighted by Gasteiger charge is 2.05. The van der Waals surface area contributed by atoms with Crippen LogP contribution in [-0.4, -0.2) is 22.9 Å². The molecule has 2 heteroatoms. The lowest BCUT2D eigenvalue weighted by Crippen LogP contribution is -2.09. The normalized spacial score (nSPS) is 16.3. The van der Waals surface area contributed by atoms with Crippen LogP contribution < -0.4 is 0 Å². The number of hydrogen-bond donors (Lipinski definition) is 2. The molecule has 0 aliphatic heterocycles. The largest absolute Gasteiger partial charge is 0.396 e. The lowest BCUT2D eigenvalue weighted by atomic mass is 10.0. The molecule has 2 N–H and O–H groups in total. The highest BCUT2D eigenvalue weighted by atomic mass is 16.3. The van der Waals surface area contributed by atoms with Gasteiger partial charge in [0.25, 0.3) is 0 Å². The van der Waals surface area contributed by atoms with E-state index in [4.69, 9.17) is 10.2 Å². The fraction of sp³-hybridized carbons (Fsp3) is 0.750. The van der Waals surface area contributed by atoms with Crippen molar-refractivity contribution in [3.8, 4) is 0 Å². The van der Waals surface area contributed by atoms with Gasteiger partial charge in [0.05, 0.1) is 6.10 Å². The van der Waals surface area contributed by atoms with Gasteiger partial charge in [-0.2, -0.15) is 0 Å². The first-order chi connectivity index (χ1) is 4.70. The Morgan fingerprint density at radius 2 is 2.20 bits per heavy atom. The summed E-state index contributed by atoms with van der Waals surface area (Å²) in [6.45, 7) is 5.66. The summed E-state index contributed by atoms with van der Waals surface area (Å²) in [4.78, 5) is 0. The summed E-state index contributed by atoms with van der Waals surface area (Å²) in [6.07, 6.45) is 2.56. The first-order valence-electron chi connectivity index (χ1n) is 3.62. The second-order valence-electron chi connectivity index (χ2n) is 2.66. The van der Waals surface area contributed by atoms with E-state index in [0.717, 1.165) is 6.42 Å². The topological polar surface area (TPSA) is 40.5 Å². The van der Waals surface area contributed by atoms with Crippen molar-refractivity contribution in [2.45, 2.75) is 25.9 Å². The van der Waals surface area contributed by atoms with E-state index >= 15 is 0 Å². The lowest BCUT2D eigenvalue weighted by molar-refractivity contribution is 0.175. The number of aliphatic hydroxyl groups excluding tert-OH is 2. The Bertz CT molecular complexity index is 91.3. The van der Waals surface area contributed by atoms with Gasteiger partial charge in [-0.3, -0.25) is 0 Å². The SMILES string of the molecule is C=CC(O)CC(C)CCO. The van der Waals surface area contributed by atoms with E-state index in [0.29, 0.717) is 12.3 Å². The van der Waals surface area contributed by atoms with Gasteiger partial charge in [-0.25, -0.2) is 0 Å². The standard InChI is InChI=1S/C8H16O2/c1-3-8(10)6-7(2)4-5-9/h3,7-10H,1,4-6H2,2H3. The monoisotopic (exact) mass is 144 g/mol. The molecule has 0 aromatic rings. The molecule has 0 heterocycles. The van der Waals surface area contributed by atoms with Gasteiger partial charge in [0.15, 0.2) is 0 Å². The lowest BCUT2D eigenvalue weighted by Gasteiger charge is -2.11. The Labute approximate surface area is 62.2 Å². The zero-order valence-corrected chi connectivity index (χ0v) is 6.45. The molecule has 2 nitrogen and oxygen atoms in total. The van der Waals surface area contributed by atoms with E-state index in [-0.39, 0.29) is 6.61 Å². The van der Waals surface area contributed by atoms with Crippen molar-refractivity contribution in [2.75, 3.05) is 6.61 Å². The van der Waals surface area contributed by atoms with E-state index in [1.165, 1.54) is 6.08 Å². The Hall–Kier alpha value is -0.340. The molecule has 0 saturated heterocycles. The van der Waals surface area contributed by atoms with Gasteiger partial charge in [-0.1, -0.05) is 13.0 Å². The Morgan fingerprint density at radius 3 is 2.60 bits per heavy atom. The molecular weight excluding hydrogens is 128 g/mol. The maximum absolute atomic E-state index is 9.06. The minimum absolute atomic E-state index is 0.199. The summed E-state index contributed by atoms with van der Waals surface area (Å²) in [5, 5.41) is 17.6. The molecule has 0 spiro atoms. The van der Waals surface area contributed by atoms with E-state index in [2.05, 4.69) is 6.58 Å². The molecule has 2 atom stereocenters. The van der Waals surface area contributed by atoms with E-state index in [1.54, 1.807) is 0 Å². The first-order valence-corrected chi connectivity index (χ1v) is 3.62. The number of aliphatic hydroxyl groups is 2. The Balaban J connectivity index is 3.36. The molecule has 0 radical (unpaired) electrons. The smallest absolute Gasteiger partial charge is 0.0720 e. The molecule has 0 fully saturated rings. The van der Waals surface area contributed by atoms with Crippen molar-refractivity contribution in [3.05, 3.63) is 12.7 Å². The van der Waals surface area contributed by atoms with Gasteiger partial charge in [0, 0.05) is 6.61 Å². The fourth-order valence-electron chi connectivity index (χ4n) is 0.847.